The van der Waals surface area contributed by atoms with E-state index in [9.17, 15) is 0 Å². The Morgan fingerprint density at radius 2 is 2.06 bits per heavy atom. The van der Waals surface area contributed by atoms with Crippen molar-refractivity contribution in [3.63, 3.8) is 0 Å². The topological polar surface area (TPSA) is 12.5 Å². The number of halogens is 1. The summed E-state index contributed by atoms with van der Waals surface area (Å²) in [5, 5.41) is 1.06. The minimum atomic E-state index is 0.358. The molecule has 1 heterocycles. The van der Waals surface area contributed by atoms with Crippen molar-refractivity contribution in [2.75, 3.05) is 37.0 Å². The number of anilines is 1. The molecule has 0 amide bonds. The van der Waals surface area contributed by atoms with Crippen LogP contribution in [0.1, 0.15) is 18.4 Å². The van der Waals surface area contributed by atoms with E-state index >= 15 is 0 Å². The molecule has 2 nitrogen and oxygen atoms in total. The summed E-state index contributed by atoms with van der Waals surface area (Å²) in [5.74, 6) is 0. The van der Waals surface area contributed by atoms with Crippen LogP contribution in [0.3, 0.4) is 0 Å². The van der Waals surface area contributed by atoms with Gasteiger partial charge >= 0.3 is 0 Å². The fourth-order valence-corrected chi connectivity index (χ4v) is 3.34. The molecule has 3 heteroatoms. The number of ether oxygens (including phenoxy) is 1. The van der Waals surface area contributed by atoms with Gasteiger partial charge in [0.2, 0.25) is 0 Å². The molecular formula is C15H22BrNO. The van der Waals surface area contributed by atoms with Crippen LogP contribution in [0.25, 0.3) is 0 Å². The molecule has 1 fully saturated rings. The number of hydrogen-bond acceptors (Lipinski definition) is 2. The van der Waals surface area contributed by atoms with Gasteiger partial charge in [0, 0.05) is 43.2 Å². The molecule has 0 radical (unpaired) electrons. The minimum absolute atomic E-state index is 0.358. The molecule has 0 atom stereocenters. The highest BCUT2D eigenvalue weighted by molar-refractivity contribution is 9.09. The third-order valence-electron chi connectivity index (χ3n) is 3.85. The maximum atomic E-state index is 5.49. The van der Waals surface area contributed by atoms with E-state index in [2.05, 4.69) is 59.1 Å². The number of nitrogens with zero attached hydrogens (tertiary/aromatic N) is 1. The van der Waals surface area contributed by atoms with Gasteiger partial charge < -0.3 is 9.64 Å². The van der Waals surface area contributed by atoms with E-state index in [-0.39, 0.29) is 0 Å². The Balaban J connectivity index is 2.07. The van der Waals surface area contributed by atoms with E-state index in [1.807, 2.05) is 0 Å². The number of hydrogen-bond donors (Lipinski definition) is 0. The van der Waals surface area contributed by atoms with Crippen LogP contribution in [0, 0.1) is 12.3 Å². The van der Waals surface area contributed by atoms with E-state index < -0.39 is 0 Å². The standard InChI is InChI=1S/C15H22BrNO/c1-13-4-3-5-14(10-13)17(2)12-15(11-16)6-8-18-9-7-15/h3-5,10H,6-9,11-12H2,1-2H3. The third kappa shape index (κ3) is 3.27. The van der Waals surface area contributed by atoms with Gasteiger partial charge in [-0.25, -0.2) is 0 Å². The number of aryl methyl sites for hydroxylation is 1. The van der Waals surface area contributed by atoms with Crippen LogP contribution in [-0.2, 0) is 4.74 Å². The summed E-state index contributed by atoms with van der Waals surface area (Å²) in [6, 6.07) is 8.72. The minimum Gasteiger partial charge on any atom is -0.381 e. The van der Waals surface area contributed by atoms with Gasteiger partial charge in [-0.05, 0) is 37.5 Å². The molecule has 0 saturated carbocycles. The van der Waals surface area contributed by atoms with Gasteiger partial charge in [0.1, 0.15) is 0 Å². The zero-order valence-electron chi connectivity index (χ0n) is 11.3. The second-order valence-corrected chi connectivity index (χ2v) is 6.00. The van der Waals surface area contributed by atoms with Gasteiger partial charge in [-0.2, -0.15) is 0 Å². The quantitative estimate of drug-likeness (QED) is 0.787. The van der Waals surface area contributed by atoms with Crippen LogP contribution < -0.4 is 4.90 Å². The maximum absolute atomic E-state index is 5.49. The Hall–Kier alpha value is -0.540. The Kier molecular flexibility index (Phi) is 4.68. The maximum Gasteiger partial charge on any atom is 0.0472 e. The fraction of sp³-hybridized carbons (Fsp3) is 0.600. The molecule has 0 bridgehead atoms. The van der Waals surface area contributed by atoms with E-state index in [4.69, 9.17) is 4.74 Å². The molecule has 0 spiro atoms. The van der Waals surface area contributed by atoms with Crippen LogP contribution in [0.4, 0.5) is 5.69 Å². The van der Waals surface area contributed by atoms with Crippen molar-refractivity contribution in [2.45, 2.75) is 19.8 Å². The normalized spacial score (nSPS) is 18.6. The summed E-state index contributed by atoms with van der Waals surface area (Å²) < 4.78 is 5.49. The van der Waals surface area contributed by atoms with E-state index in [0.29, 0.717) is 5.41 Å². The Morgan fingerprint density at radius 1 is 1.33 bits per heavy atom. The van der Waals surface area contributed by atoms with Crippen LogP contribution in [0.15, 0.2) is 24.3 Å². The van der Waals surface area contributed by atoms with Gasteiger partial charge in [-0.1, -0.05) is 28.1 Å². The monoisotopic (exact) mass is 311 g/mol. The second kappa shape index (κ2) is 6.07. The Labute approximate surface area is 118 Å². The van der Waals surface area contributed by atoms with Crippen molar-refractivity contribution < 1.29 is 4.74 Å². The molecule has 0 aromatic heterocycles. The predicted octanol–water partition coefficient (Wildman–Crippen LogP) is 3.62. The first-order valence-electron chi connectivity index (χ1n) is 6.57. The molecular weight excluding hydrogens is 290 g/mol. The van der Waals surface area contributed by atoms with Crippen LogP contribution in [-0.4, -0.2) is 32.1 Å². The molecule has 1 saturated heterocycles. The van der Waals surface area contributed by atoms with Gasteiger partial charge in [-0.3, -0.25) is 0 Å². The first-order chi connectivity index (χ1) is 8.65. The molecule has 1 aromatic rings. The van der Waals surface area contributed by atoms with Crippen molar-refractivity contribution >= 4 is 21.6 Å². The summed E-state index contributed by atoms with van der Waals surface area (Å²) in [4.78, 5) is 2.37. The summed E-state index contributed by atoms with van der Waals surface area (Å²) in [7, 11) is 2.19. The van der Waals surface area contributed by atoms with Gasteiger partial charge in [0.05, 0.1) is 0 Å². The lowest BCUT2D eigenvalue weighted by atomic mass is 9.82. The fourth-order valence-electron chi connectivity index (χ4n) is 2.60. The first-order valence-corrected chi connectivity index (χ1v) is 7.69. The summed E-state index contributed by atoms with van der Waals surface area (Å²) >= 11 is 3.70. The average molecular weight is 312 g/mol. The highest BCUT2D eigenvalue weighted by atomic mass is 79.9. The summed E-state index contributed by atoms with van der Waals surface area (Å²) in [6.07, 6.45) is 2.29. The smallest absolute Gasteiger partial charge is 0.0472 e. The van der Waals surface area contributed by atoms with Crippen LogP contribution >= 0.6 is 15.9 Å². The van der Waals surface area contributed by atoms with E-state index in [0.717, 1.165) is 37.9 Å². The third-order valence-corrected chi connectivity index (χ3v) is 5.04. The molecule has 0 N–H and O–H groups in total. The number of rotatable bonds is 4. The van der Waals surface area contributed by atoms with Crippen molar-refractivity contribution in [3.05, 3.63) is 29.8 Å². The average Bonchev–Trinajstić information content (AvgIpc) is 2.40. The number of benzene rings is 1. The van der Waals surface area contributed by atoms with Crippen molar-refractivity contribution in [3.8, 4) is 0 Å². The van der Waals surface area contributed by atoms with Crippen molar-refractivity contribution in [1.82, 2.24) is 0 Å². The SMILES string of the molecule is Cc1cccc(N(C)CC2(CBr)CCOCC2)c1. The van der Waals surface area contributed by atoms with Crippen molar-refractivity contribution in [2.24, 2.45) is 5.41 Å². The number of alkyl halides is 1. The first kappa shape index (κ1) is 13.9. The van der Waals surface area contributed by atoms with Crippen LogP contribution in [0.2, 0.25) is 0 Å². The van der Waals surface area contributed by atoms with Crippen molar-refractivity contribution in [1.29, 1.82) is 0 Å². The zero-order chi connectivity index (χ0) is 13.0. The highest BCUT2D eigenvalue weighted by Gasteiger charge is 2.32. The second-order valence-electron chi connectivity index (χ2n) is 5.44. The van der Waals surface area contributed by atoms with E-state index in [1.54, 1.807) is 0 Å². The molecule has 0 unspecified atom stereocenters. The lowest BCUT2D eigenvalue weighted by Crippen LogP contribution is -2.41. The van der Waals surface area contributed by atoms with Gasteiger partial charge in [0.15, 0.2) is 0 Å². The lowest BCUT2D eigenvalue weighted by molar-refractivity contribution is 0.0304. The Morgan fingerprint density at radius 3 is 2.67 bits per heavy atom. The molecule has 1 aliphatic rings. The lowest BCUT2D eigenvalue weighted by Gasteiger charge is -2.39. The molecule has 1 aromatic carbocycles. The molecule has 1 aliphatic heterocycles. The van der Waals surface area contributed by atoms with Gasteiger partial charge in [0.25, 0.3) is 0 Å². The largest absolute Gasteiger partial charge is 0.381 e. The van der Waals surface area contributed by atoms with Crippen LogP contribution in [0.5, 0.6) is 0 Å². The van der Waals surface area contributed by atoms with Gasteiger partial charge in [-0.15, -0.1) is 0 Å². The Bertz CT molecular complexity index is 388. The molecule has 0 aliphatic carbocycles. The van der Waals surface area contributed by atoms with E-state index in [1.165, 1.54) is 11.3 Å². The molecule has 18 heavy (non-hydrogen) atoms. The molecule has 2 rings (SSSR count). The highest BCUT2D eigenvalue weighted by Crippen LogP contribution is 2.34. The molecule has 100 valence electrons. The predicted molar refractivity (Wildman–Crippen MR) is 80.7 cm³/mol. The summed E-state index contributed by atoms with van der Waals surface area (Å²) in [5.41, 5.74) is 2.98. The zero-order valence-corrected chi connectivity index (χ0v) is 12.9. The summed E-state index contributed by atoms with van der Waals surface area (Å²) in [6.45, 7) is 5.03.